The van der Waals surface area contributed by atoms with E-state index in [1.165, 1.54) is 0 Å². The first-order valence-electron chi connectivity index (χ1n) is 6.50. The summed E-state index contributed by atoms with van der Waals surface area (Å²) >= 11 is 0. The van der Waals surface area contributed by atoms with Gasteiger partial charge >= 0.3 is 0 Å². The Balaban J connectivity index is 2.95. The van der Waals surface area contributed by atoms with Crippen molar-refractivity contribution in [2.45, 2.75) is 0 Å². The van der Waals surface area contributed by atoms with E-state index in [0.29, 0.717) is 0 Å². The van der Waals surface area contributed by atoms with Crippen molar-refractivity contribution in [3.05, 3.63) is 34.9 Å². The summed E-state index contributed by atoms with van der Waals surface area (Å²) in [6.45, 7) is -2.69. The minimum atomic E-state index is -2.13. The van der Waals surface area contributed by atoms with Crippen LogP contribution >= 0.6 is 0 Å². The van der Waals surface area contributed by atoms with Gasteiger partial charge in [-0.3, -0.25) is 0 Å². The van der Waals surface area contributed by atoms with Crippen molar-refractivity contribution < 1.29 is 46.0 Å². The average Bonchev–Trinajstić information content (AvgIpc) is 2.57. The second kappa shape index (κ2) is 7.14. The largest absolute Gasteiger partial charge is 0.487 e. The summed E-state index contributed by atoms with van der Waals surface area (Å²) in [6, 6.07) is 0. The minimum absolute atomic E-state index is 0.650. The zero-order valence-corrected chi connectivity index (χ0v) is 11.8. The van der Waals surface area contributed by atoms with E-state index in [4.69, 9.17) is 10.2 Å². The zero-order valence-electron chi connectivity index (χ0n) is 11.8. The van der Waals surface area contributed by atoms with Crippen LogP contribution in [-0.4, -0.2) is 36.6 Å². The highest BCUT2D eigenvalue weighted by Crippen LogP contribution is 2.42. The molecule has 0 heterocycles. The summed E-state index contributed by atoms with van der Waals surface area (Å²) in [4.78, 5) is 0. The van der Waals surface area contributed by atoms with Crippen LogP contribution in [0.5, 0.6) is 11.5 Å². The van der Waals surface area contributed by atoms with Crippen LogP contribution in [0.3, 0.4) is 0 Å². The number of halogens is 6. The Morgan fingerprint density at radius 1 is 0.542 bits per heavy atom. The topological polar surface area (TPSA) is 58.9 Å². The number of benzene rings is 2. The van der Waals surface area contributed by atoms with Gasteiger partial charge in [-0.15, -0.1) is 0 Å². The molecule has 0 aliphatic heterocycles. The van der Waals surface area contributed by atoms with Crippen molar-refractivity contribution in [3.63, 3.8) is 0 Å². The molecule has 0 aliphatic rings. The fraction of sp³-hybridized carbons (Fsp3) is 0.286. The van der Waals surface area contributed by atoms with E-state index < -0.39 is 83.6 Å². The molecule has 0 bridgehead atoms. The van der Waals surface area contributed by atoms with Crippen LogP contribution in [0.1, 0.15) is 0 Å². The first-order chi connectivity index (χ1) is 11.4. The Kier molecular flexibility index (Phi) is 5.40. The monoisotopic (exact) mass is 356 g/mol. The Hall–Kier alpha value is -2.20. The summed E-state index contributed by atoms with van der Waals surface area (Å²) in [6.07, 6.45) is 0. The van der Waals surface area contributed by atoms with Gasteiger partial charge in [0.25, 0.3) is 0 Å². The first-order valence-corrected chi connectivity index (χ1v) is 6.50. The minimum Gasteiger partial charge on any atom is -0.487 e. The fourth-order valence-corrected chi connectivity index (χ4v) is 2.04. The molecule has 24 heavy (non-hydrogen) atoms. The standard InChI is InChI=1S/C14H10F6O4/c15-7-5-6(14(24-4-2-22)12(20)10(7)18)8(16)9(17)11(19)13(5)23-3-1-21/h21-22H,1-4H2. The van der Waals surface area contributed by atoms with Crippen molar-refractivity contribution in [2.24, 2.45) is 0 Å². The number of hydrogen-bond donors (Lipinski definition) is 2. The molecular weight excluding hydrogens is 346 g/mol. The molecule has 0 fully saturated rings. The predicted molar refractivity (Wildman–Crippen MR) is 68.9 cm³/mol. The van der Waals surface area contributed by atoms with E-state index in [2.05, 4.69) is 9.47 Å². The lowest BCUT2D eigenvalue weighted by Crippen LogP contribution is -2.11. The third-order valence-corrected chi connectivity index (χ3v) is 2.99. The van der Waals surface area contributed by atoms with Crippen molar-refractivity contribution in [3.8, 4) is 11.5 Å². The summed E-state index contributed by atoms with van der Waals surface area (Å²) in [7, 11) is 0. The van der Waals surface area contributed by atoms with Gasteiger partial charge in [-0.1, -0.05) is 0 Å². The third-order valence-electron chi connectivity index (χ3n) is 2.99. The highest BCUT2D eigenvalue weighted by atomic mass is 19.2. The summed E-state index contributed by atoms with van der Waals surface area (Å²) in [5, 5.41) is 14.9. The van der Waals surface area contributed by atoms with Gasteiger partial charge in [0.05, 0.1) is 24.0 Å². The molecule has 4 nitrogen and oxygen atoms in total. The van der Waals surface area contributed by atoms with Crippen LogP contribution in [0.25, 0.3) is 10.8 Å². The van der Waals surface area contributed by atoms with Gasteiger partial charge in [0, 0.05) is 0 Å². The molecule has 2 aromatic carbocycles. The van der Waals surface area contributed by atoms with E-state index in [9.17, 15) is 26.3 Å². The molecule has 0 saturated heterocycles. The van der Waals surface area contributed by atoms with Gasteiger partial charge < -0.3 is 19.7 Å². The smallest absolute Gasteiger partial charge is 0.204 e. The van der Waals surface area contributed by atoms with Crippen LogP contribution in [0, 0.1) is 34.9 Å². The van der Waals surface area contributed by atoms with Gasteiger partial charge in [-0.2, -0.15) is 8.78 Å². The number of hydrogen-bond acceptors (Lipinski definition) is 4. The normalized spacial score (nSPS) is 11.2. The van der Waals surface area contributed by atoms with Crippen molar-refractivity contribution in [1.29, 1.82) is 0 Å². The SMILES string of the molecule is OCCOc1c(F)c(F)c(F)c2c(OCCO)c(F)c(F)c(F)c12. The Bertz CT molecular complexity index is 715. The molecule has 2 rings (SSSR count). The highest BCUT2D eigenvalue weighted by Gasteiger charge is 2.31. The van der Waals surface area contributed by atoms with Gasteiger partial charge in [0.1, 0.15) is 13.2 Å². The Labute approximate surface area is 130 Å². The summed E-state index contributed by atoms with van der Waals surface area (Å²) < 4.78 is 92.3. The molecule has 0 amide bonds. The van der Waals surface area contributed by atoms with Crippen molar-refractivity contribution in [1.82, 2.24) is 0 Å². The highest BCUT2D eigenvalue weighted by molar-refractivity contribution is 5.95. The number of ether oxygens (including phenoxy) is 2. The van der Waals surface area contributed by atoms with Crippen LogP contribution in [0.15, 0.2) is 0 Å². The predicted octanol–water partition coefficient (Wildman–Crippen LogP) is 2.42. The number of fused-ring (bicyclic) bond motifs is 1. The zero-order chi connectivity index (χ0) is 18.0. The van der Waals surface area contributed by atoms with Crippen LogP contribution in [0.4, 0.5) is 26.3 Å². The van der Waals surface area contributed by atoms with Gasteiger partial charge in [0.2, 0.25) is 11.6 Å². The maximum Gasteiger partial charge on any atom is 0.204 e. The van der Waals surface area contributed by atoms with Crippen LogP contribution in [-0.2, 0) is 0 Å². The van der Waals surface area contributed by atoms with Crippen molar-refractivity contribution >= 4 is 10.8 Å². The molecular formula is C14H10F6O4. The van der Waals surface area contributed by atoms with E-state index >= 15 is 0 Å². The Morgan fingerprint density at radius 3 is 1.17 bits per heavy atom. The van der Waals surface area contributed by atoms with Crippen LogP contribution in [0.2, 0.25) is 0 Å². The number of rotatable bonds is 6. The molecule has 0 atom stereocenters. The maximum atomic E-state index is 14.0. The van der Waals surface area contributed by atoms with Gasteiger partial charge in [-0.25, -0.2) is 17.6 Å². The van der Waals surface area contributed by atoms with E-state index in [1.807, 2.05) is 0 Å². The van der Waals surface area contributed by atoms with E-state index in [1.54, 1.807) is 0 Å². The molecule has 10 heteroatoms. The molecule has 0 radical (unpaired) electrons. The van der Waals surface area contributed by atoms with Gasteiger partial charge in [-0.05, 0) is 0 Å². The fourth-order valence-electron chi connectivity index (χ4n) is 2.04. The van der Waals surface area contributed by atoms with Gasteiger partial charge in [0.15, 0.2) is 34.8 Å². The summed E-state index contributed by atoms with van der Waals surface area (Å²) in [5.41, 5.74) is 0. The Morgan fingerprint density at radius 2 is 0.875 bits per heavy atom. The number of aliphatic hydroxyl groups excluding tert-OH is 2. The molecule has 0 aliphatic carbocycles. The molecule has 2 N–H and O–H groups in total. The average molecular weight is 356 g/mol. The number of aliphatic hydroxyl groups is 2. The molecule has 0 aromatic heterocycles. The second-order valence-electron chi connectivity index (χ2n) is 4.44. The lowest BCUT2D eigenvalue weighted by molar-refractivity contribution is 0.193. The van der Waals surface area contributed by atoms with E-state index in [0.717, 1.165) is 0 Å². The van der Waals surface area contributed by atoms with Crippen LogP contribution < -0.4 is 9.47 Å². The lowest BCUT2D eigenvalue weighted by atomic mass is 10.1. The molecule has 2 aromatic rings. The molecule has 0 saturated carbocycles. The lowest BCUT2D eigenvalue weighted by Gasteiger charge is -2.16. The third kappa shape index (κ3) is 2.82. The summed E-state index contributed by atoms with van der Waals surface area (Å²) in [5.74, 6) is -14.8. The second-order valence-corrected chi connectivity index (χ2v) is 4.44. The van der Waals surface area contributed by atoms with E-state index in [-0.39, 0.29) is 0 Å². The maximum absolute atomic E-state index is 14.0. The first kappa shape index (κ1) is 18.1. The molecule has 0 spiro atoms. The quantitative estimate of drug-likeness (QED) is 0.617. The van der Waals surface area contributed by atoms with Crippen molar-refractivity contribution in [2.75, 3.05) is 26.4 Å². The molecule has 0 unspecified atom stereocenters. The molecule has 132 valence electrons.